The number of aliphatic hydroxyl groups excluding tert-OH is 3. The second-order valence-electron chi connectivity index (χ2n) is 1.02. The predicted molar refractivity (Wildman–Crippen MR) is 38.7 cm³/mol. The molecule has 0 aliphatic heterocycles. The molecule has 0 aromatic carbocycles. The van der Waals surface area contributed by atoms with Gasteiger partial charge in [-0.15, -0.1) is 0 Å². The number of hydrogen-bond donors (Lipinski definition) is 3. The van der Waals surface area contributed by atoms with E-state index in [1.165, 1.54) is 0 Å². The van der Waals surface area contributed by atoms with Crippen LogP contribution in [0.2, 0.25) is 0 Å². The van der Waals surface area contributed by atoms with Crippen molar-refractivity contribution in [1.82, 2.24) is 0 Å². The Morgan fingerprint density at radius 3 is 1.38 bits per heavy atom. The zero-order chi connectivity index (χ0) is 4.99. The first-order chi connectivity index (χ1) is 2.81. The third-order valence-corrected chi connectivity index (χ3v) is 0.421. The van der Waals surface area contributed by atoms with Crippen LogP contribution in [0.15, 0.2) is 0 Å². The summed E-state index contributed by atoms with van der Waals surface area (Å²) in [6, 6.07) is 0. The van der Waals surface area contributed by atoms with Gasteiger partial charge in [0, 0.05) is 0 Å². The van der Waals surface area contributed by atoms with E-state index in [-0.39, 0.29) is 66.7 Å². The van der Waals surface area contributed by atoms with Gasteiger partial charge < -0.3 is 15.3 Å². The SMILES string of the molecule is OCC(O)CO.[BiH3].[PbH2]. The van der Waals surface area contributed by atoms with Gasteiger partial charge >= 0.3 is 53.5 Å². The Balaban J connectivity index is -0.000000125. The van der Waals surface area contributed by atoms with Crippen LogP contribution in [0.1, 0.15) is 0 Å². The second-order valence-corrected chi connectivity index (χ2v) is 1.02. The van der Waals surface area contributed by atoms with E-state index >= 15 is 0 Å². The van der Waals surface area contributed by atoms with Gasteiger partial charge in [-0.2, -0.15) is 0 Å². The van der Waals surface area contributed by atoms with Gasteiger partial charge in [0.15, 0.2) is 0 Å². The summed E-state index contributed by atoms with van der Waals surface area (Å²) in [4.78, 5) is 0. The monoisotopic (exact) mass is 514 g/mol. The summed E-state index contributed by atoms with van der Waals surface area (Å²) in [5, 5.41) is 24.0. The summed E-state index contributed by atoms with van der Waals surface area (Å²) in [6.07, 6.45) is -0.954. The molecule has 0 bridgehead atoms. The van der Waals surface area contributed by atoms with Crippen LogP contribution in [0, 0.1) is 0 Å². The summed E-state index contributed by atoms with van der Waals surface area (Å²) in [7, 11) is 0. The Kier molecular flexibility index (Phi) is 23.5. The Morgan fingerprint density at radius 2 is 1.38 bits per heavy atom. The van der Waals surface area contributed by atoms with Crippen LogP contribution in [0.3, 0.4) is 0 Å². The number of rotatable bonds is 2. The van der Waals surface area contributed by atoms with E-state index in [4.69, 9.17) is 15.3 Å². The first-order valence-electron chi connectivity index (χ1n) is 1.71. The normalized spacial score (nSPS) is 7.50. The quantitative estimate of drug-likeness (QED) is 0.333. The summed E-state index contributed by atoms with van der Waals surface area (Å²) in [5.74, 6) is 0. The molecule has 0 heterocycles. The summed E-state index contributed by atoms with van der Waals surface area (Å²) in [6.45, 7) is -0.729. The fraction of sp³-hybridized carbons (Fsp3) is 1.00. The molecule has 0 saturated carbocycles. The average molecular weight is 513 g/mol. The standard InChI is InChI=1S/C3H8O3.Bi.Pb.5H/c4-1-3(6)2-5;;;;;;;/h3-6H,1-2H2;;;;;;;. The molecule has 0 spiro atoms. The van der Waals surface area contributed by atoms with E-state index in [9.17, 15) is 0 Å². The minimum atomic E-state index is -0.954. The van der Waals surface area contributed by atoms with Gasteiger partial charge in [0.1, 0.15) is 6.10 Å². The molecule has 0 fully saturated rings. The van der Waals surface area contributed by atoms with Gasteiger partial charge in [-0.05, 0) is 0 Å². The molecule has 0 aliphatic rings. The van der Waals surface area contributed by atoms with Crippen molar-refractivity contribution in [3.63, 3.8) is 0 Å². The van der Waals surface area contributed by atoms with Gasteiger partial charge in [0.25, 0.3) is 0 Å². The van der Waals surface area contributed by atoms with Crippen molar-refractivity contribution in [2.45, 2.75) is 6.10 Å². The predicted octanol–water partition coefficient (Wildman–Crippen LogP) is -3.77. The summed E-state index contributed by atoms with van der Waals surface area (Å²) < 4.78 is 0. The van der Waals surface area contributed by atoms with E-state index in [0.29, 0.717) is 0 Å². The number of hydrogen-bond acceptors (Lipinski definition) is 3. The molecule has 0 aliphatic carbocycles. The molecule has 0 unspecified atom stereocenters. The molecular formula is C3H13BiO3Pb. The van der Waals surface area contributed by atoms with Crippen molar-refractivity contribution in [3.8, 4) is 0 Å². The third kappa shape index (κ3) is 10.6. The second kappa shape index (κ2) is 11.5. The maximum absolute atomic E-state index is 8.17. The van der Waals surface area contributed by atoms with Gasteiger partial charge in [-0.1, -0.05) is 0 Å². The Bertz CT molecular complexity index is 33.7. The van der Waals surface area contributed by atoms with Crippen LogP contribution < -0.4 is 0 Å². The molecule has 52 valence electrons. The summed E-state index contributed by atoms with van der Waals surface area (Å²) in [5.41, 5.74) is 0. The zero-order valence-corrected chi connectivity index (χ0v) is 15.7. The van der Waals surface area contributed by atoms with Crippen molar-refractivity contribution in [2.24, 2.45) is 0 Å². The van der Waals surface area contributed by atoms with Crippen LogP contribution in [0.25, 0.3) is 0 Å². The maximum atomic E-state index is 8.17. The molecule has 0 aromatic heterocycles. The number of aliphatic hydroxyl groups is 3. The Hall–Kier alpha value is 1.69. The topological polar surface area (TPSA) is 60.7 Å². The van der Waals surface area contributed by atoms with E-state index in [1.807, 2.05) is 0 Å². The molecule has 3 N–H and O–H groups in total. The van der Waals surface area contributed by atoms with Crippen LogP contribution in [0.5, 0.6) is 0 Å². The summed E-state index contributed by atoms with van der Waals surface area (Å²) >= 11 is 0. The van der Waals surface area contributed by atoms with Crippen molar-refractivity contribution in [2.75, 3.05) is 13.2 Å². The van der Waals surface area contributed by atoms with Gasteiger partial charge in [-0.25, -0.2) is 0 Å². The third-order valence-electron chi connectivity index (χ3n) is 0.421. The van der Waals surface area contributed by atoms with Crippen LogP contribution >= 0.6 is 0 Å². The molecule has 0 amide bonds. The van der Waals surface area contributed by atoms with E-state index in [0.717, 1.165) is 0 Å². The Morgan fingerprint density at radius 1 is 1.12 bits per heavy atom. The molecule has 0 rings (SSSR count). The molecule has 8 heavy (non-hydrogen) atoms. The molecule has 3 nitrogen and oxygen atoms in total. The fourth-order valence-electron chi connectivity index (χ4n) is 0.0577. The van der Waals surface area contributed by atoms with Crippen molar-refractivity contribution in [3.05, 3.63) is 0 Å². The molecule has 0 atom stereocenters. The van der Waals surface area contributed by atoms with Crippen molar-refractivity contribution in [1.29, 1.82) is 0 Å². The van der Waals surface area contributed by atoms with Gasteiger partial charge in [-0.3, -0.25) is 0 Å². The van der Waals surface area contributed by atoms with E-state index < -0.39 is 6.10 Å². The van der Waals surface area contributed by atoms with E-state index in [1.54, 1.807) is 0 Å². The van der Waals surface area contributed by atoms with Gasteiger partial charge in [0.05, 0.1) is 13.2 Å². The fourth-order valence-corrected chi connectivity index (χ4v) is 0.0577. The first kappa shape index (κ1) is 16.3. The first-order valence-corrected chi connectivity index (χ1v) is 1.71. The van der Waals surface area contributed by atoms with Crippen LogP contribution in [-0.4, -0.2) is 88.1 Å². The Labute approximate surface area is 87.4 Å². The van der Waals surface area contributed by atoms with Crippen LogP contribution in [-0.2, 0) is 0 Å². The van der Waals surface area contributed by atoms with Gasteiger partial charge in [0.2, 0.25) is 0 Å². The molecule has 0 aromatic rings. The molecule has 5 heteroatoms. The minimum absolute atomic E-state index is 0. The van der Waals surface area contributed by atoms with Crippen molar-refractivity contribution < 1.29 is 15.3 Å². The van der Waals surface area contributed by atoms with E-state index in [2.05, 4.69) is 0 Å². The molecule has 2 radical (unpaired) electrons. The van der Waals surface area contributed by atoms with Crippen LogP contribution in [0.4, 0.5) is 0 Å². The van der Waals surface area contributed by atoms with Crippen molar-refractivity contribution >= 4 is 53.5 Å². The molecule has 0 saturated heterocycles. The molecular weight excluding hydrogens is 500 g/mol. The zero-order valence-electron chi connectivity index (χ0n) is 4.75. The average Bonchev–Trinajstić information content (AvgIpc) is 1.65.